The van der Waals surface area contributed by atoms with Gasteiger partial charge in [0.15, 0.2) is 0 Å². The molecule has 0 spiro atoms. The Hall–Kier alpha value is -2.06. The van der Waals surface area contributed by atoms with Gasteiger partial charge in [-0.1, -0.05) is 0 Å². The Morgan fingerprint density at radius 1 is 1.16 bits per heavy atom. The van der Waals surface area contributed by atoms with Crippen LogP contribution in [-0.2, 0) is 10.0 Å². The highest BCUT2D eigenvalue weighted by Crippen LogP contribution is 2.28. The number of hydrogen-bond acceptors (Lipinski definition) is 4. The first kappa shape index (κ1) is 17.8. The van der Waals surface area contributed by atoms with Gasteiger partial charge >= 0.3 is 0 Å². The van der Waals surface area contributed by atoms with Crippen LogP contribution < -0.4 is 14.8 Å². The zero-order chi connectivity index (χ0) is 18.0. The largest absolute Gasteiger partial charge is 0.496 e. The van der Waals surface area contributed by atoms with Crippen LogP contribution in [0.5, 0.6) is 5.75 Å². The van der Waals surface area contributed by atoms with Gasteiger partial charge < -0.3 is 10.1 Å². The van der Waals surface area contributed by atoms with Crippen molar-refractivity contribution in [2.24, 2.45) is 0 Å². The highest BCUT2D eigenvalue weighted by atomic mass is 79.9. The van der Waals surface area contributed by atoms with Crippen molar-refractivity contribution in [2.45, 2.75) is 23.8 Å². The highest BCUT2D eigenvalue weighted by molar-refractivity contribution is 9.10. The van der Waals surface area contributed by atoms with E-state index in [0.29, 0.717) is 21.5 Å². The smallest absolute Gasteiger partial charge is 0.261 e. The molecule has 3 rings (SSSR count). The summed E-state index contributed by atoms with van der Waals surface area (Å²) in [6, 6.07) is 11.1. The minimum Gasteiger partial charge on any atom is -0.496 e. The molecule has 1 aliphatic carbocycles. The lowest BCUT2D eigenvalue weighted by atomic mass is 10.2. The van der Waals surface area contributed by atoms with Gasteiger partial charge in [0.1, 0.15) is 5.75 Å². The molecular weight excluding hydrogens is 408 g/mol. The van der Waals surface area contributed by atoms with Crippen molar-refractivity contribution < 1.29 is 17.9 Å². The quantitative estimate of drug-likeness (QED) is 0.745. The second-order valence-corrected chi connectivity index (χ2v) is 8.26. The number of carbonyl (C=O) groups excluding carboxylic acids is 1. The molecule has 6 nitrogen and oxygen atoms in total. The van der Waals surface area contributed by atoms with Gasteiger partial charge in [0.25, 0.3) is 15.9 Å². The van der Waals surface area contributed by atoms with Crippen molar-refractivity contribution >= 4 is 37.5 Å². The Kier molecular flexibility index (Phi) is 5.01. The number of rotatable bonds is 6. The number of halogens is 1. The van der Waals surface area contributed by atoms with Crippen LogP contribution in [0, 0.1) is 0 Å². The maximum absolute atomic E-state index is 12.5. The Morgan fingerprint density at radius 3 is 2.40 bits per heavy atom. The molecular formula is C17H17BrN2O4S. The van der Waals surface area contributed by atoms with Crippen LogP contribution in [0.2, 0.25) is 0 Å². The minimum absolute atomic E-state index is 0.107. The Bertz CT molecular complexity index is 893. The van der Waals surface area contributed by atoms with Crippen LogP contribution >= 0.6 is 15.9 Å². The molecule has 0 radical (unpaired) electrons. The topological polar surface area (TPSA) is 84.5 Å². The Balaban J connectivity index is 1.74. The molecule has 8 heteroatoms. The number of sulfonamides is 1. The van der Waals surface area contributed by atoms with Crippen LogP contribution in [0.1, 0.15) is 23.2 Å². The lowest BCUT2D eigenvalue weighted by Gasteiger charge is -2.10. The molecule has 132 valence electrons. The van der Waals surface area contributed by atoms with Gasteiger partial charge in [0.05, 0.1) is 16.5 Å². The van der Waals surface area contributed by atoms with Gasteiger partial charge in [-0.05, 0) is 71.2 Å². The Labute approximate surface area is 154 Å². The molecule has 0 aromatic heterocycles. The van der Waals surface area contributed by atoms with Crippen LogP contribution in [0.3, 0.4) is 0 Å². The highest BCUT2D eigenvalue weighted by Gasteiger charge is 2.23. The predicted molar refractivity (Wildman–Crippen MR) is 98.4 cm³/mol. The molecule has 2 N–H and O–H groups in total. The fourth-order valence-corrected chi connectivity index (χ4v) is 3.99. The second kappa shape index (κ2) is 7.05. The molecule has 0 aliphatic heterocycles. The molecule has 2 aromatic carbocycles. The number of hydrogen-bond donors (Lipinski definition) is 2. The standard InChI is InChI=1S/C17H17BrN2O4S/c1-24-16-9-8-14(10-15(16)18)25(22,23)20-13-4-2-11(3-5-13)17(21)19-12-6-7-12/h2-5,8-10,12,20H,6-7H2,1H3,(H,19,21). The summed E-state index contributed by atoms with van der Waals surface area (Å²) in [4.78, 5) is 12.1. The van der Waals surface area contributed by atoms with Crippen molar-refractivity contribution in [3.8, 4) is 5.75 Å². The fourth-order valence-electron chi connectivity index (χ4n) is 2.21. The average Bonchev–Trinajstić information content (AvgIpc) is 3.39. The van der Waals surface area contributed by atoms with Crippen molar-refractivity contribution in [3.63, 3.8) is 0 Å². The van der Waals surface area contributed by atoms with Gasteiger partial charge in [0, 0.05) is 17.3 Å². The lowest BCUT2D eigenvalue weighted by molar-refractivity contribution is 0.0951. The van der Waals surface area contributed by atoms with Crippen molar-refractivity contribution in [3.05, 3.63) is 52.5 Å². The molecule has 2 aromatic rings. The lowest BCUT2D eigenvalue weighted by Crippen LogP contribution is -2.25. The van der Waals surface area contributed by atoms with Gasteiger partial charge in [0.2, 0.25) is 0 Å². The molecule has 0 atom stereocenters. The second-order valence-electron chi connectivity index (χ2n) is 5.73. The molecule has 0 bridgehead atoms. The van der Waals surface area contributed by atoms with E-state index in [0.717, 1.165) is 12.8 Å². The van der Waals surface area contributed by atoms with Gasteiger partial charge in [-0.3, -0.25) is 9.52 Å². The summed E-state index contributed by atoms with van der Waals surface area (Å²) in [7, 11) is -2.23. The van der Waals surface area contributed by atoms with Crippen LogP contribution in [0.15, 0.2) is 51.8 Å². The van der Waals surface area contributed by atoms with E-state index in [1.807, 2.05) is 0 Å². The number of amides is 1. The SMILES string of the molecule is COc1ccc(S(=O)(=O)Nc2ccc(C(=O)NC3CC3)cc2)cc1Br. The predicted octanol–water partition coefficient (Wildman–Crippen LogP) is 3.15. The van der Waals surface area contributed by atoms with E-state index in [1.165, 1.54) is 19.2 Å². The van der Waals surface area contributed by atoms with Crippen molar-refractivity contribution in [2.75, 3.05) is 11.8 Å². The van der Waals surface area contributed by atoms with Crippen molar-refractivity contribution in [1.82, 2.24) is 5.32 Å². The number of nitrogens with one attached hydrogen (secondary N) is 2. The zero-order valence-corrected chi connectivity index (χ0v) is 15.9. The van der Waals surface area contributed by atoms with Crippen LogP contribution in [0.4, 0.5) is 5.69 Å². The van der Waals surface area contributed by atoms with E-state index in [1.54, 1.807) is 30.3 Å². The number of carbonyl (C=O) groups is 1. The van der Waals surface area contributed by atoms with E-state index < -0.39 is 10.0 Å². The zero-order valence-electron chi connectivity index (χ0n) is 13.5. The third-order valence-electron chi connectivity index (χ3n) is 3.75. The maximum atomic E-state index is 12.5. The molecule has 1 fully saturated rings. The number of ether oxygens (including phenoxy) is 1. The summed E-state index contributed by atoms with van der Waals surface area (Å²) < 4.78 is 33.1. The van der Waals surface area contributed by atoms with E-state index in [2.05, 4.69) is 26.0 Å². The molecule has 1 amide bonds. The summed E-state index contributed by atoms with van der Waals surface area (Å²) in [5, 5.41) is 2.89. The summed E-state index contributed by atoms with van der Waals surface area (Å²) in [6.45, 7) is 0. The molecule has 0 saturated heterocycles. The first-order chi connectivity index (χ1) is 11.9. The summed E-state index contributed by atoms with van der Waals surface area (Å²) in [6.07, 6.45) is 2.03. The van der Waals surface area contributed by atoms with Gasteiger partial charge in [-0.25, -0.2) is 8.42 Å². The Morgan fingerprint density at radius 2 is 1.84 bits per heavy atom. The summed E-state index contributed by atoms with van der Waals surface area (Å²) >= 11 is 3.27. The third kappa shape index (κ3) is 4.32. The third-order valence-corrected chi connectivity index (χ3v) is 5.74. The molecule has 25 heavy (non-hydrogen) atoms. The van der Waals surface area contributed by atoms with E-state index in [-0.39, 0.29) is 16.8 Å². The van der Waals surface area contributed by atoms with Crippen molar-refractivity contribution in [1.29, 1.82) is 0 Å². The molecule has 0 unspecified atom stereocenters. The van der Waals surface area contributed by atoms with Crippen LogP contribution in [-0.4, -0.2) is 27.5 Å². The van der Waals surface area contributed by atoms with Gasteiger partial charge in [-0.2, -0.15) is 0 Å². The molecule has 1 aliphatic rings. The monoisotopic (exact) mass is 424 g/mol. The summed E-state index contributed by atoms with van der Waals surface area (Å²) in [5.41, 5.74) is 0.886. The molecule has 0 heterocycles. The number of anilines is 1. The van der Waals surface area contributed by atoms with Gasteiger partial charge in [-0.15, -0.1) is 0 Å². The first-order valence-corrected chi connectivity index (χ1v) is 9.94. The normalized spacial score (nSPS) is 14.0. The van der Waals surface area contributed by atoms with E-state index in [9.17, 15) is 13.2 Å². The number of benzene rings is 2. The number of methoxy groups -OCH3 is 1. The fraction of sp³-hybridized carbons (Fsp3) is 0.235. The van der Waals surface area contributed by atoms with Crippen LogP contribution in [0.25, 0.3) is 0 Å². The summed E-state index contributed by atoms with van der Waals surface area (Å²) in [5.74, 6) is 0.404. The first-order valence-electron chi connectivity index (χ1n) is 7.66. The minimum atomic E-state index is -3.74. The molecule has 1 saturated carbocycles. The van der Waals surface area contributed by atoms with E-state index >= 15 is 0 Å². The van der Waals surface area contributed by atoms with E-state index in [4.69, 9.17) is 4.74 Å². The maximum Gasteiger partial charge on any atom is 0.261 e. The average molecular weight is 425 g/mol.